The van der Waals surface area contributed by atoms with Gasteiger partial charge >= 0.3 is 0 Å². The summed E-state index contributed by atoms with van der Waals surface area (Å²) in [6.07, 6.45) is 0. The lowest BCUT2D eigenvalue weighted by Crippen LogP contribution is -2.35. The molecule has 0 spiro atoms. The van der Waals surface area contributed by atoms with E-state index in [-0.39, 0.29) is 30.3 Å². The molecule has 2 aromatic carbocycles. The SMILES string of the molecule is COCC(C)NC(=O)c1ccc(CN2C(=O)c3ccccc3C2=O)cc1. The smallest absolute Gasteiger partial charge is 0.261 e. The molecule has 134 valence electrons. The highest BCUT2D eigenvalue weighted by Crippen LogP contribution is 2.24. The van der Waals surface area contributed by atoms with Crippen LogP contribution in [0.4, 0.5) is 0 Å². The Morgan fingerprint density at radius 1 is 1.04 bits per heavy atom. The third kappa shape index (κ3) is 3.50. The molecule has 0 saturated carbocycles. The number of imide groups is 1. The standard InChI is InChI=1S/C20H20N2O4/c1-13(12-26-2)21-18(23)15-9-7-14(8-10-15)11-22-19(24)16-5-3-4-6-17(16)20(22)25/h3-10,13H,11-12H2,1-2H3,(H,21,23). The molecular weight excluding hydrogens is 332 g/mol. The van der Waals surface area contributed by atoms with Crippen molar-refractivity contribution in [2.75, 3.05) is 13.7 Å². The molecular formula is C20H20N2O4. The molecule has 1 aliphatic rings. The fraction of sp³-hybridized carbons (Fsp3) is 0.250. The Balaban J connectivity index is 1.68. The number of carbonyl (C=O) groups excluding carboxylic acids is 3. The lowest BCUT2D eigenvalue weighted by Gasteiger charge is -2.15. The lowest BCUT2D eigenvalue weighted by atomic mass is 10.1. The van der Waals surface area contributed by atoms with E-state index in [4.69, 9.17) is 4.74 Å². The van der Waals surface area contributed by atoms with E-state index in [9.17, 15) is 14.4 Å². The Bertz CT molecular complexity index is 810. The van der Waals surface area contributed by atoms with Crippen molar-refractivity contribution in [1.29, 1.82) is 0 Å². The predicted octanol–water partition coefficient (Wildman–Crippen LogP) is 2.25. The van der Waals surface area contributed by atoms with Gasteiger partial charge in [0.1, 0.15) is 0 Å². The van der Waals surface area contributed by atoms with Gasteiger partial charge in [-0.05, 0) is 36.8 Å². The van der Waals surface area contributed by atoms with Gasteiger partial charge in [-0.3, -0.25) is 19.3 Å². The van der Waals surface area contributed by atoms with Crippen molar-refractivity contribution < 1.29 is 19.1 Å². The summed E-state index contributed by atoms with van der Waals surface area (Å²) in [6, 6.07) is 13.6. The molecule has 0 aliphatic carbocycles. The number of benzene rings is 2. The van der Waals surface area contributed by atoms with Crippen LogP contribution >= 0.6 is 0 Å². The highest BCUT2D eigenvalue weighted by molar-refractivity contribution is 6.21. The summed E-state index contributed by atoms with van der Waals surface area (Å²) in [5.41, 5.74) is 2.15. The number of carbonyl (C=O) groups is 3. The molecule has 0 saturated heterocycles. The summed E-state index contributed by atoms with van der Waals surface area (Å²) in [7, 11) is 1.58. The Kier molecular flexibility index (Phi) is 5.14. The number of amides is 3. The van der Waals surface area contributed by atoms with Gasteiger partial charge in [-0.1, -0.05) is 24.3 Å². The third-order valence-electron chi connectivity index (χ3n) is 4.23. The maximum Gasteiger partial charge on any atom is 0.261 e. The van der Waals surface area contributed by atoms with Gasteiger partial charge in [0.05, 0.1) is 24.3 Å². The molecule has 0 aromatic heterocycles. The first-order chi connectivity index (χ1) is 12.5. The zero-order chi connectivity index (χ0) is 18.7. The zero-order valence-corrected chi connectivity index (χ0v) is 14.7. The van der Waals surface area contributed by atoms with Crippen LogP contribution in [0.25, 0.3) is 0 Å². The van der Waals surface area contributed by atoms with Crippen LogP contribution in [0, 0.1) is 0 Å². The number of hydrogen-bond acceptors (Lipinski definition) is 4. The van der Waals surface area contributed by atoms with Crippen LogP contribution in [0.1, 0.15) is 43.6 Å². The summed E-state index contributed by atoms with van der Waals surface area (Å²) < 4.78 is 5.00. The number of nitrogens with zero attached hydrogens (tertiary/aromatic N) is 1. The largest absolute Gasteiger partial charge is 0.383 e. The van der Waals surface area contributed by atoms with Crippen molar-refractivity contribution in [3.05, 3.63) is 70.8 Å². The second-order valence-corrected chi connectivity index (χ2v) is 6.27. The van der Waals surface area contributed by atoms with Gasteiger partial charge in [0, 0.05) is 18.7 Å². The van der Waals surface area contributed by atoms with E-state index in [1.54, 1.807) is 55.6 Å². The van der Waals surface area contributed by atoms with Crippen LogP contribution in [-0.2, 0) is 11.3 Å². The monoisotopic (exact) mass is 352 g/mol. The van der Waals surface area contributed by atoms with Crippen molar-refractivity contribution >= 4 is 17.7 Å². The molecule has 0 radical (unpaired) electrons. The molecule has 1 heterocycles. The second-order valence-electron chi connectivity index (χ2n) is 6.27. The van der Waals surface area contributed by atoms with Crippen LogP contribution in [0.5, 0.6) is 0 Å². The van der Waals surface area contributed by atoms with E-state index >= 15 is 0 Å². The minimum atomic E-state index is -0.291. The first-order valence-corrected chi connectivity index (χ1v) is 8.35. The van der Waals surface area contributed by atoms with Crippen LogP contribution in [0.3, 0.4) is 0 Å². The Labute approximate surface area is 151 Å². The maximum atomic E-state index is 12.4. The molecule has 2 aromatic rings. The van der Waals surface area contributed by atoms with E-state index < -0.39 is 0 Å². The third-order valence-corrected chi connectivity index (χ3v) is 4.23. The first-order valence-electron chi connectivity index (χ1n) is 8.35. The van der Waals surface area contributed by atoms with Crippen molar-refractivity contribution in [1.82, 2.24) is 10.2 Å². The van der Waals surface area contributed by atoms with Crippen molar-refractivity contribution in [3.63, 3.8) is 0 Å². The summed E-state index contributed by atoms with van der Waals surface area (Å²) in [6.45, 7) is 2.47. The highest BCUT2D eigenvalue weighted by atomic mass is 16.5. The Morgan fingerprint density at radius 2 is 1.62 bits per heavy atom. The highest BCUT2D eigenvalue weighted by Gasteiger charge is 2.34. The van der Waals surface area contributed by atoms with E-state index in [1.165, 1.54) is 4.90 Å². The second kappa shape index (κ2) is 7.49. The number of nitrogens with one attached hydrogen (secondary N) is 1. The minimum Gasteiger partial charge on any atom is -0.383 e. The van der Waals surface area contributed by atoms with Crippen LogP contribution in [-0.4, -0.2) is 42.4 Å². The van der Waals surface area contributed by atoms with E-state index in [0.29, 0.717) is 23.3 Å². The number of methoxy groups -OCH3 is 1. The van der Waals surface area contributed by atoms with Crippen LogP contribution in [0.15, 0.2) is 48.5 Å². The molecule has 6 heteroatoms. The summed E-state index contributed by atoms with van der Waals surface area (Å²) in [4.78, 5) is 38.2. The lowest BCUT2D eigenvalue weighted by molar-refractivity contribution is 0.0641. The number of hydrogen-bond donors (Lipinski definition) is 1. The van der Waals surface area contributed by atoms with Crippen LogP contribution in [0.2, 0.25) is 0 Å². The maximum absolute atomic E-state index is 12.4. The topological polar surface area (TPSA) is 75.7 Å². The average Bonchev–Trinajstić information content (AvgIpc) is 2.88. The predicted molar refractivity (Wildman–Crippen MR) is 95.9 cm³/mol. The Hall–Kier alpha value is -2.99. The molecule has 0 fully saturated rings. The zero-order valence-electron chi connectivity index (χ0n) is 14.7. The molecule has 26 heavy (non-hydrogen) atoms. The van der Waals surface area contributed by atoms with Gasteiger partial charge in [-0.15, -0.1) is 0 Å². The molecule has 1 aliphatic heterocycles. The average molecular weight is 352 g/mol. The fourth-order valence-electron chi connectivity index (χ4n) is 2.93. The van der Waals surface area contributed by atoms with E-state index in [0.717, 1.165) is 5.56 Å². The van der Waals surface area contributed by atoms with Gasteiger partial charge < -0.3 is 10.1 Å². The fourth-order valence-corrected chi connectivity index (χ4v) is 2.93. The first kappa shape index (κ1) is 17.8. The minimum absolute atomic E-state index is 0.0921. The van der Waals surface area contributed by atoms with E-state index in [2.05, 4.69) is 5.32 Å². The molecule has 1 N–H and O–H groups in total. The molecule has 0 bridgehead atoms. The summed E-state index contributed by atoms with van der Waals surface area (Å²) in [5.74, 6) is -0.775. The van der Waals surface area contributed by atoms with Crippen molar-refractivity contribution in [3.8, 4) is 0 Å². The van der Waals surface area contributed by atoms with E-state index in [1.807, 2.05) is 6.92 Å². The van der Waals surface area contributed by atoms with Crippen molar-refractivity contribution in [2.24, 2.45) is 0 Å². The molecule has 1 unspecified atom stereocenters. The Morgan fingerprint density at radius 3 is 2.15 bits per heavy atom. The molecule has 3 amide bonds. The number of ether oxygens (including phenoxy) is 1. The van der Waals surface area contributed by atoms with Gasteiger partial charge in [-0.2, -0.15) is 0 Å². The van der Waals surface area contributed by atoms with Gasteiger partial charge in [0.2, 0.25) is 0 Å². The summed E-state index contributed by atoms with van der Waals surface area (Å²) >= 11 is 0. The van der Waals surface area contributed by atoms with Crippen molar-refractivity contribution in [2.45, 2.75) is 19.5 Å². The quantitative estimate of drug-likeness (QED) is 0.809. The molecule has 6 nitrogen and oxygen atoms in total. The number of rotatable bonds is 6. The summed E-state index contributed by atoms with van der Waals surface area (Å²) in [5, 5.41) is 2.83. The van der Waals surface area contributed by atoms with Gasteiger partial charge in [0.15, 0.2) is 0 Å². The van der Waals surface area contributed by atoms with Gasteiger partial charge in [-0.25, -0.2) is 0 Å². The molecule has 1 atom stereocenters. The number of fused-ring (bicyclic) bond motifs is 1. The normalized spacial score (nSPS) is 14.3. The molecule has 3 rings (SSSR count). The van der Waals surface area contributed by atoms with Crippen LogP contribution < -0.4 is 5.32 Å². The van der Waals surface area contributed by atoms with Gasteiger partial charge in [0.25, 0.3) is 17.7 Å².